The van der Waals surface area contributed by atoms with Crippen molar-refractivity contribution in [3.63, 3.8) is 0 Å². The molecule has 1 aliphatic rings. The van der Waals surface area contributed by atoms with Crippen molar-refractivity contribution >= 4 is 0 Å². The first-order valence-corrected chi connectivity index (χ1v) is 11.6. The first-order chi connectivity index (χ1) is 15.8. The molecule has 1 aromatic heterocycles. The molecule has 2 nitrogen and oxygen atoms in total. The second-order valence-corrected chi connectivity index (χ2v) is 8.90. The summed E-state index contributed by atoms with van der Waals surface area (Å²) < 4.78 is 0. The fraction of sp³-hybridized carbons (Fsp3) is 0.233. The van der Waals surface area contributed by atoms with E-state index in [4.69, 9.17) is 0 Å². The van der Waals surface area contributed by atoms with Crippen LogP contribution in [0.5, 0.6) is 0 Å². The van der Waals surface area contributed by atoms with Gasteiger partial charge in [-0.1, -0.05) is 84.9 Å². The highest BCUT2D eigenvalue weighted by atomic mass is 15.2. The lowest BCUT2D eigenvalue weighted by molar-refractivity contribution is 0.162. The number of aryl methyl sites for hydroxylation is 2. The number of hydrogen-bond acceptors (Lipinski definition) is 2. The van der Waals surface area contributed by atoms with Crippen molar-refractivity contribution in [3.05, 3.63) is 125 Å². The number of nitrogens with zero attached hydrogens (tertiary/aromatic N) is 2. The monoisotopic (exact) mass is 418 g/mol. The molecule has 0 spiro atoms. The molecule has 0 radical (unpaired) electrons. The Bertz CT molecular complexity index is 1110. The lowest BCUT2D eigenvalue weighted by Gasteiger charge is -2.36. The Morgan fingerprint density at radius 2 is 1.47 bits per heavy atom. The minimum Gasteiger partial charge on any atom is -0.292 e. The normalized spacial score (nSPS) is 15.5. The highest BCUT2D eigenvalue weighted by Crippen LogP contribution is 2.34. The maximum atomic E-state index is 4.56. The smallest absolute Gasteiger partial charge is 0.0373 e. The van der Waals surface area contributed by atoms with Crippen LogP contribution in [-0.4, -0.2) is 15.9 Å². The van der Waals surface area contributed by atoms with E-state index in [-0.39, 0.29) is 0 Å². The fourth-order valence-corrected chi connectivity index (χ4v) is 4.93. The predicted octanol–water partition coefficient (Wildman–Crippen LogP) is 6.62. The summed E-state index contributed by atoms with van der Waals surface area (Å²) in [6, 6.07) is 33.4. The van der Waals surface area contributed by atoms with Crippen LogP contribution in [0.2, 0.25) is 0 Å². The molecule has 0 aliphatic heterocycles. The molecule has 5 rings (SSSR count). The Hall–Kier alpha value is -3.23. The van der Waals surface area contributed by atoms with Crippen LogP contribution in [0, 0.1) is 6.92 Å². The zero-order valence-corrected chi connectivity index (χ0v) is 18.7. The van der Waals surface area contributed by atoms with Gasteiger partial charge in [0.05, 0.1) is 0 Å². The summed E-state index contributed by atoms with van der Waals surface area (Å²) in [5, 5.41) is 0. The Balaban J connectivity index is 1.46. The van der Waals surface area contributed by atoms with E-state index in [0.717, 1.165) is 31.6 Å². The van der Waals surface area contributed by atoms with Crippen LogP contribution in [0.15, 0.2) is 97.2 Å². The maximum absolute atomic E-state index is 4.56. The van der Waals surface area contributed by atoms with Gasteiger partial charge in [-0.2, -0.15) is 0 Å². The number of aromatic nitrogens is 1. The highest BCUT2D eigenvalue weighted by molar-refractivity contribution is 5.68. The van der Waals surface area contributed by atoms with Crippen molar-refractivity contribution < 1.29 is 0 Å². The second kappa shape index (κ2) is 9.50. The van der Waals surface area contributed by atoms with Crippen LogP contribution in [0.25, 0.3) is 11.1 Å². The van der Waals surface area contributed by atoms with Crippen LogP contribution >= 0.6 is 0 Å². The van der Waals surface area contributed by atoms with E-state index >= 15 is 0 Å². The van der Waals surface area contributed by atoms with E-state index in [0.29, 0.717) is 6.04 Å². The van der Waals surface area contributed by atoms with Crippen molar-refractivity contribution in [1.82, 2.24) is 9.88 Å². The Morgan fingerprint density at radius 1 is 0.781 bits per heavy atom. The minimum absolute atomic E-state index is 0.516. The number of benzene rings is 3. The van der Waals surface area contributed by atoms with E-state index in [1.807, 2.05) is 13.1 Å². The average Bonchev–Trinajstić information content (AvgIpc) is 2.85. The van der Waals surface area contributed by atoms with Gasteiger partial charge in [-0.15, -0.1) is 0 Å². The largest absolute Gasteiger partial charge is 0.292 e. The van der Waals surface area contributed by atoms with Gasteiger partial charge in [0.25, 0.3) is 0 Å². The molecule has 2 heteroatoms. The van der Waals surface area contributed by atoms with Crippen molar-refractivity contribution in [1.29, 1.82) is 0 Å². The van der Waals surface area contributed by atoms with Gasteiger partial charge in [-0.3, -0.25) is 9.88 Å². The third-order valence-electron chi connectivity index (χ3n) is 6.66. The Labute approximate surface area is 191 Å². The molecule has 0 saturated heterocycles. The van der Waals surface area contributed by atoms with E-state index in [9.17, 15) is 0 Å². The van der Waals surface area contributed by atoms with Crippen LogP contribution < -0.4 is 0 Å². The van der Waals surface area contributed by atoms with Crippen molar-refractivity contribution in [2.24, 2.45) is 0 Å². The molecule has 1 atom stereocenters. The fourth-order valence-electron chi connectivity index (χ4n) is 4.93. The molecular weight excluding hydrogens is 388 g/mol. The van der Waals surface area contributed by atoms with Crippen molar-refractivity contribution in [2.45, 2.75) is 45.3 Å². The van der Waals surface area contributed by atoms with Gasteiger partial charge < -0.3 is 0 Å². The molecule has 0 unspecified atom stereocenters. The van der Waals surface area contributed by atoms with E-state index in [1.165, 1.54) is 39.8 Å². The summed E-state index contributed by atoms with van der Waals surface area (Å²) in [7, 11) is 0. The predicted molar refractivity (Wildman–Crippen MR) is 132 cm³/mol. The zero-order chi connectivity index (χ0) is 21.8. The van der Waals surface area contributed by atoms with Crippen LogP contribution in [0.3, 0.4) is 0 Å². The van der Waals surface area contributed by atoms with E-state index in [2.05, 4.69) is 101 Å². The average molecular weight is 419 g/mol. The van der Waals surface area contributed by atoms with Gasteiger partial charge in [-0.05, 0) is 60.1 Å². The molecule has 4 aromatic rings. The summed E-state index contributed by atoms with van der Waals surface area (Å²) in [4.78, 5) is 7.24. The standard InChI is InChI=1S/C30H30N2/c1-23-15-16-27(20-31-23)29-14-8-13-26-17-18-28(19-30(26)29)32(21-24-9-4-2-5-10-24)22-25-11-6-3-7-12-25/h2-16,20,28H,17-19,21-22H2,1H3/t28-/m1/s1. The Kier molecular flexibility index (Phi) is 6.13. The number of hydrogen-bond donors (Lipinski definition) is 0. The first-order valence-electron chi connectivity index (χ1n) is 11.6. The summed E-state index contributed by atoms with van der Waals surface area (Å²) in [6.45, 7) is 4.00. The van der Waals surface area contributed by atoms with Crippen molar-refractivity contribution in [3.8, 4) is 11.1 Å². The van der Waals surface area contributed by atoms with Crippen molar-refractivity contribution in [2.75, 3.05) is 0 Å². The molecule has 3 aromatic carbocycles. The quantitative estimate of drug-likeness (QED) is 0.350. The highest BCUT2D eigenvalue weighted by Gasteiger charge is 2.26. The maximum Gasteiger partial charge on any atom is 0.0373 e. The van der Waals surface area contributed by atoms with E-state index < -0.39 is 0 Å². The Morgan fingerprint density at radius 3 is 2.09 bits per heavy atom. The van der Waals surface area contributed by atoms with Gasteiger partial charge in [0.2, 0.25) is 0 Å². The van der Waals surface area contributed by atoms with Gasteiger partial charge in [0.1, 0.15) is 0 Å². The molecule has 1 aliphatic carbocycles. The van der Waals surface area contributed by atoms with Crippen LogP contribution in [0.1, 0.15) is 34.4 Å². The number of fused-ring (bicyclic) bond motifs is 1. The lowest BCUT2D eigenvalue weighted by atomic mass is 9.83. The van der Waals surface area contributed by atoms with Crippen LogP contribution in [0.4, 0.5) is 0 Å². The topological polar surface area (TPSA) is 16.1 Å². The van der Waals surface area contributed by atoms with Gasteiger partial charge in [-0.25, -0.2) is 0 Å². The lowest BCUT2D eigenvalue weighted by Crippen LogP contribution is -2.38. The molecular formula is C30H30N2. The second-order valence-electron chi connectivity index (χ2n) is 8.90. The van der Waals surface area contributed by atoms with Gasteiger partial charge in [0, 0.05) is 36.6 Å². The molecule has 160 valence electrons. The van der Waals surface area contributed by atoms with E-state index in [1.54, 1.807) is 0 Å². The van der Waals surface area contributed by atoms with Gasteiger partial charge >= 0.3 is 0 Å². The SMILES string of the molecule is Cc1ccc(-c2cccc3c2C[C@H](N(Cc2ccccc2)Cc2ccccc2)CC3)cn1. The summed E-state index contributed by atoms with van der Waals surface area (Å²) in [6.07, 6.45) is 5.44. The summed E-state index contributed by atoms with van der Waals surface area (Å²) in [5.74, 6) is 0. The number of pyridine rings is 1. The molecule has 0 saturated carbocycles. The summed E-state index contributed by atoms with van der Waals surface area (Å²) >= 11 is 0. The molecule has 0 N–H and O–H groups in total. The van der Waals surface area contributed by atoms with Crippen LogP contribution in [-0.2, 0) is 25.9 Å². The molecule has 1 heterocycles. The molecule has 32 heavy (non-hydrogen) atoms. The molecule has 0 bridgehead atoms. The zero-order valence-electron chi connectivity index (χ0n) is 18.7. The third kappa shape index (κ3) is 4.66. The third-order valence-corrected chi connectivity index (χ3v) is 6.66. The first kappa shape index (κ1) is 20.7. The molecule has 0 amide bonds. The number of rotatable bonds is 6. The van der Waals surface area contributed by atoms with Gasteiger partial charge in [0.15, 0.2) is 0 Å². The minimum atomic E-state index is 0.516. The molecule has 0 fully saturated rings. The summed E-state index contributed by atoms with van der Waals surface area (Å²) in [5.41, 5.74) is 9.40.